The van der Waals surface area contributed by atoms with E-state index in [2.05, 4.69) is 26.0 Å². The van der Waals surface area contributed by atoms with Crippen molar-refractivity contribution >= 4 is 81.1 Å². The molecule has 46 heavy (non-hydrogen) atoms. The van der Waals surface area contributed by atoms with Gasteiger partial charge in [-0.15, -0.1) is 40.4 Å². The highest BCUT2D eigenvalue weighted by atomic mass is 32.2. The smallest absolute Gasteiger partial charge is 0.354 e. The molecule has 3 atom stereocenters. The van der Waals surface area contributed by atoms with E-state index in [1.165, 1.54) is 47.0 Å². The van der Waals surface area contributed by atoms with Crippen molar-refractivity contribution in [3.8, 4) is 0 Å². The van der Waals surface area contributed by atoms with Crippen LogP contribution in [0.4, 0.5) is 5.13 Å². The fourth-order valence-corrected chi connectivity index (χ4v) is 7.98. The number of hydrogen-bond acceptors (Lipinski definition) is 17. The number of carboxylic acid groups (broad SMARTS) is 2. The summed E-state index contributed by atoms with van der Waals surface area (Å²) < 4.78 is 0. The van der Waals surface area contributed by atoms with Gasteiger partial charge in [-0.2, -0.15) is 0 Å². The molecule has 2 saturated heterocycles. The van der Waals surface area contributed by atoms with Gasteiger partial charge < -0.3 is 31.0 Å². The fraction of sp³-hybridized carbons (Fsp3) is 0.417. The summed E-state index contributed by atoms with van der Waals surface area (Å²) in [6.45, 7) is 2.61. The summed E-state index contributed by atoms with van der Waals surface area (Å²) in [6.07, 6.45) is 2.93. The van der Waals surface area contributed by atoms with Crippen molar-refractivity contribution in [1.29, 1.82) is 0 Å². The summed E-state index contributed by atoms with van der Waals surface area (Å²) in [7, 11) is 1.69. The molecule has 1 aromatic rings. The lowest BCUT2D eigenvalue weighted by Gasteiger charge is -2.53. The Morgan fingerprint density at radius 2 is 2.07 bits per heavy atom. The van der Waals surface area contributed by atoms with Crippen LogP contribution in [0, 0.1) is 5.41 Å². The summed E-state index contributed by atoms with van der Waals surface area (Å²) in [4.78, 5) is 77.7. The number of aliphatic imine (C=N–C) groups is 1. The van der Waals surface area contributed by atoms with Crippen LogP contribution in [0.25, 0.3) is 0 Å². The largest absolute Gasteiger partial charge is 0.481 e. The molecule has 5 rings (SSSR count). The van der Waals surface area contributed by atoms with Gasteiger partial charge in [0.2, 0.25) is 11.5 Å². The molecule has 0 aromatic carbocycles. The lowest BCUT2D eigenvalue weighted by Crippen LogP contribution is -2.74. The lowest BCUT2D eigenvalue weighted by molar-refractivity contribution is -0.157. The first-order chi connectivity index (χ1) is 21.7. The number of carbonyl (C=O) groups is 5. The summed E-state index contributed by atoms with van der Waals surface area (Å²) in [5, 5.41) is 30.8. The highest BCUT2D eigenvalue weighted by molar-refractivity contribution is 8.03. The zero-order chi connectivity index (χ0) is 33.6. The molecule has 5 heterocycles. The molecule has 9 N–H and O–H groups in total. The summed E-state index contributed by atoms with van der Waals surface area (Å²) >= 11 is 3.34. The van der Waals surface area contributed by atoms with Crippen LogP contribution in [0.1, 0.15) is 19.5 Å². The number of nitrogens with one attached hydrogen (secondary N) is 3. The van der Waals surface area contributed by atoms with Gasteiger partial charge in [-0.05, 0) is 13.8 Å². The van der Waals surface area contributed by atoms with Gasteiger partial charge in [0, 0.05) is 36.6 Å². The molecular formula is C24H29N11O8S3. The van der Waals surface area contributed by atoms with Crippen molar-refractivity contribution in [2.45, 2.75) is 30.9 Å². The number of thiazole rings is 1. The van der Waals surface area contributed by atoms with Gasteiger partial charge in [-0.3, -0.25) is 29.6 Å². The van der Waals surface area contributed by atoms with Gasteiger partial charge in [0.25, 0.3) is 11.8 Å². The number of fused-ring (bicyclic) bond motifs is 2. The Kier molecular flexibility index (Phi) is 8.92. The number of rotatable bonds is 11. The lowest BCUT2D eigenvalue weighted by atomic mass is 9.89. The van der Waals surface area contributed by atoms with Crippen LogP contribution in [0.5, 0.6) is 0 Å². The van der Waals surface area contributed by atoms with Crippen molar-refractivity contribution in [2.75, 3.05) is 30.8 Å². The molecule has 1 aromatic heterocycles. The third-order valence-electron chi connectivity index (χ3n) is 7.13. The predicted octanol–water partition coefficient (Wildman–Crippen LogP) is -1.73. The van der Waals surface area contributed by atoms with E-state index in [-0.39, 0.29) is 40.3 Å². The van der Waals surface area contributed by atoms with E-state index in [9.17, 15) is 34.2 Å². The first-order valence-corrected chi connectivity index (χ1v) is 16.2. The molecule has 4 aliphatic heterocycles. The maximum atomic E-state index is 13.4. The Balaban J connectivity index is 1.28. The summed E-state index contributed by atoms with van der Waals surface area (Å²) in [5.74, 6) is 1.19. The number of amides is 3. The quantitative estimate of drug-likeness (QED) is 0.0445. The van der Waals surface area contributed by atoms with Crippen LogP contribution < -0.4 is 27.9 Å². The SMILES string of the molecule is CN1C=C2N=C(C(=O)O)C=C(SCC3(C(=O)O)CS[C@@H]4C(NC(=O)C(=NOC(C)(C)C(=O)NN)c5csc(N)n5)C(=O)N4C3)N2N1. The van der Waals surface area contributed by atoms with Crippen molar-refractivity contribution < 1.29 is 39.0 Å². The van der Waals surface area contributed by atoms with E-state index in [0.29, 0.717) is 10.9 Å². The molecule has 246 valence electrons. The van der Waals surface area contributed by atoms with Crippen LogP contribution in [0.15, 0.2) is 38.7 Å². The third kappa shape index (κ3) is 6.20. The van der Waals surface area contributed by atoms with E-state index in [1.54, 1.807) is 18.3 Å². The number of nitrogens with two attached hydrogens (primary N) is 2. The van der Waals surface area contributed by atoms with E-state index in [1.807, 2.05) is 5.43 Å². The Hall–Kier alpha value is -4.38. The van der Waals surface area contributed by atoms with Gasteiger partial charge in [-0.25, -0.2) is 25.6 Å². The molecular weight excluding hydrogens is 667 g/mol. The van der Waals surface area contributed by atoms with Gasteiger partial charge in [0.1, 0.15) is 22.5 Å². The maximum absolute atomic E-state index is 13.4. The first-order valence-electron chi connectivity index (χ1n) is 13.3. The van der Waals surface area contributed by atoms with Gasteiger partial charge in [0.15, 0.2) is 22.4 Å². The van der Waals surface area contributed by atoms with Gasteiger partial charge in [0.05, 0.1) is 11.2 Å². The van der Waals surface area contributed by atoms with E-state index < -0.39 is 52.1 Å². The number of nitrogens with zero attached hydrogens (tertiary/aromatic N) is 6. The number of aliphatic carboxylic acids is 2. The number of carboxylic acids is 2. The fourth-order valence-electron chi connectivity index (χ4n) is 4.57. The predicted molar refractivity (Wildman–Crippen MR) is 167 cm³/mol. The minimum Gasteiger partial charge on any atom is -0.481 e. The van der Waals surface area contributed by atoms with Gasteiger partial charge in [-0.1, -0.05) is 5.16 Å². The number of β-lactam (4-membered cyclic amide) rings is 1. The monoisotopic (exact) mass is 695 g/mol. The summed E-state index contributed by atoms with van der Waals surface area (Å²) in [5.41, 5.74) is 7.20. The highest BCUT2D eigenvalue weighted by Crippen LogP contribution is 2.45. The van der Waals surface area contributed by atoms with E-state index in [0.717, 1.165) is 23.1 Å². The molecule has 0 aliphatic carbocycles. The average molecular weight is 696 g/mol. The Bertz CT molecular complexity index is 1620. The molecule has 0 radical (unpaired) electrons. The van der Waals surface area contributed by atoms with Crippen LogP contribution in [-0.4, -0.2) is 113 Å². The molecule has 22 heteroatoms. The zero-order valence-corrected chi connectivity index (χ0v) is 26.9. The molecule has 0 saturated carbocycles. The number of aromatic nitrogens is 1. The van der Waals surface area contributed by atoms with Crippen LogP contribution in [0.2, 0.25) is 0 Å². The molecule has 2 fully saturated rings. The number of nitrogen functional groups attached to an aromatic ring is 1. The Morgan fingerprint density at radius 3 is 2.70 bits per heavy atom. The molecule has 2 unspecified atom stereocenters. The zero-order valence-electron chi connectivity index (χ0n) is 24.4. The Morgan fingerprint density at radius 1 is 1.33 bits per heavy atom. The number of carbonyl (C=O) groups excluding carboxylic acids is 3. The van der Waals surface area contributed by atoms with Crippen LogP contribution in [0.3, 0.4) is 0 Å². The molecule has 19 nitrogen and oxygen atoms in total. The second kappa shape index (κ2) is 12.4. The number of hydrogen-bond donors (Lipinski definition) is 7. The minimum absolute atomic E-state index is 0.00230. The van der Waals surface area contributed by atoms with Crippen LogP contribution in [-0.2, 0) is 28.8 Å². The first kappa shape index (κ1) is 33.0. The van der Waals surface area contributed by atoms with Crippen molar-refractivity contribution in [3.05, 3.63) is 34.2 Å². The second-order valence-electron chi connectivity index (χ2n) is 10.9. The van der Waals surface area contributed by atoms with E-state index >= 15 is 0 Å². The standard InChI is InChI=1S/C24H29N11O8S3/c1-23(2,20(40)30-26)43-31-14(11-6-44-22(25)28-11)16(36)29-15-17(37)34-7-24(21(41)42,9-46-18(15)34)8-45-13-4-10(19(38)39)27-12-5-33(3)32-35(12)13/h4-6,15,18,32H,7-9,26H2,1-3H3,(H2,25,28)(H,29,36)(H,30,40)(H,38,39)(H,41,42)/t15?,18-,24?/m1/s1. The number of oxime groups is 1. The maximum Gasteiger partial charge on any atom is 0.354 e. The molecule has 0 bridgehead atoms. The molecule has 4 aliphatic rings. The molecule has 0 spiro atoms. The number of thioether (sulfide) groups is 2. The van der Waals surface area contributed by atoms with Crippen molar-refractivity contribution in [1.82, 2.24) is 36.2 Å². The van der Waals surface area contributed by atoms with Crippen molar-refractivity contribution in [3.63, 3.8) is 0 Å². The number of hydrazine groups is 3. The normalized spacial score (nSPS) is 24.2. The topological polar surface area (TPSA) is 270 Å². The van der Waals surface area contributed by atoms with Gasteiger partial charge >= 0.3 is 11.9 Å². The van der Waals surface area contributed by atoms with Crippen LogP contribution >= 0.6 is 34.9 Å². The third-order valence-corrected chi connectivity index (χ3v) is 10.7. The molecule has 3 amide bonds. The average Bonchev–Trinajstić information content (AvgIpc) is 3.62. The Labute approximate surface area is 273 Å². The summed E-state index contributed by atoms with van der Waals surface area (Å²) in [6, 6.07) is -1.01. The highest BCUT2D eigenvalue weighted by Gasteiger charge is 2.58. The number of anilines is 1. The second-order valence-corrected chi connectivity index (χ2v) is 13.9. The van der Waals surface area contributed by atoms with Crippen molar-refractivity contribution in [2.24, 2.45) is 21.4 Å². The van der Waals surface area contributed by atoms with E-state index in [4.69, 9.17) is 16.4 Å². The minimum atomic E-state index is -1.56.